The van der Waals surface area contributed by atoms with Gasteiger partial charge in [0.2, 0.25) is 0 Å². The monoisotopic (exact) mass is 525 g/mol. The van der Waals surface area contributed by atoms with Crippen molar-refractivity contribution in [1.29, 1.82) is 0 Å². The maximum Gasteiger partial charge on any atom is 0.164 e. The Morgan fingerprint density at radius 1 is 0.675 bits per heavy atom. The standard InChI is InChI=1S/C35H35N5/c1-18-16-24-28-26-21(14-15-36-28)17-23(31-37-32(34(4,5)6)39-33(38-31)35(7,8)9)27-22-12-10-11-13-25(22)40(30(26)27)29(24)20(3)19(18)2/h10-17H,1-9H3. The Hall–Kier alpha value is -4.12. The molecule has 0 radical (unpaired) electrons. The highest BCUT2D eigenvalue weighted by molar-refractivity contribution is 6.30. The molecule has 0 aliphatic carbocycles. The molecule has 0 spiro atoms. The number of hydrogen-bond acceptors (Lipinski definition) is 4. The zero-order valence-corrected chi connectivity index (χ0v) is 24.9. The quantitative estimate of drug-likeness (QED) is 0.159. The molecule has 7 rings (SSSR count). The Morgan fingerprint density at radius 3 is 2.02 bits per heavy atom. The second kappa shape index (κ2) is 7.97. The smallest absolute Gasteiger partial charge is 0.164 e. The summed E-state index contributed by atoms with van der Waals surface area (Å²) in [5.74, 6) is 2.36. The zero-order valence-electron chi connectivity index (χ0n) is 24.9. The van der Waals surface area contributed by atoms with Crippen LogP contribution in [0.2, 0.25) is 0 Å². The molecule has 0 N–H and O–H groups in total. The highest BCUT2D eigenvalue weighted by Crippen LogP contribution is 2.45. The Labute approximate surface area is 234 Å². The molecular formula is C35H35N5. The van der Waals surface area contributed by atoms with Gasteiger partial charge >= 0.3 is 0 Å². The summed E-state index contributed by atoms with van der Waals surface area (Å²) in [5, 5.41) is 5.90. The highest BCUT2D eigenvalue weighted by Gasteiger charge is 2.28. The van der Waals surface area contributed by atoms with Crippen LogP contribution in [0.1, 0.15) is 69.9 Å². The third kappa shape index (κ3) is 3.33. The van der Waals surface area contributed by atoms with Gasteiger partial charge in [-0.3, -0.25) is 4.98 Å². The van der Waals surface area contributed by atoms with Crippen molar-refractivity contribution in [2.45, 2.75) is 73.1 Å². The van der Waals surface area contributed by atoms with E-state index in [9.17, 15) is 0 Å². The number of aryl methyl sites for hydroxylation is 2. The van der Waals surface area contributed by atoms with Crippen LogP contribution in [0.5, 0.6) is 0 Å². The minimum atomic E-state index is -0.213. The largest absolute Gasteiger partial charge is 0.308 e. The van der Waals surface area contributed by atoms with Crippen LogP contribution in [0.4, 0.5) is 0 Å². The summed E-state index contributed by atoms with van der Waals surface area (Å²) in [7, 11) is 0. The molecule has 0 atom stereocenters. The molecule has 0 unspecified atom stereocenters. The molecule has 7 aromatic rings. The second-order valence-electron chi connectivity index (χ2n) is 13.4. The number of aromatic nitrogens is 5. The molecule has 4 heterocycles. The maximum absolute atomic E-state index is 5.14. The van der Waals surface area contributed by atoms with Gasteiger partial charge in [-0.1, -0.05) is 59.7 Å². The van der Waals surface area contributed by atoms with Crippen LogP contribution in [0.15, 0.2) is 48.7 Å². The van der Waals surface area contributed by atoms with E-state index in [-0.39, 0.29) is 10.8 Å². The number of fused-ring (bicyclic) bond motifs is 6. The summed E-state index contributed by atoms with van der Waals surface area (Å²) < 4.78 is 2.47. The molecule has 0 fully saturated rings. The summed E-state index contributed by atoms with van der Waals surface area (Å²) in [6, 6.07) is 15.4. The van der Waals surface area contributed by atoms with Gasteiger partial charge in [-0.2, -0.15) is 0 Å². The lowest BCUT2D eigenvalue weighted by molar-refractivity contribution is 0.497. The summed E-state index contributed by atoms with van der Waals surface area (Å²) in [4.78, 5) is 20.2. The van der Waals surface area contributed by atoms with E-state index in [1.165, 1.54) is 54.8 Å². The zero-order chi connectivity index (χ0) is 28.3. The fourth-order valence-electron chi connectivity index (χ4n) is 6.14. The van der Waals surface area contributed by atoms with Gasteiger partial charge in [0.05, 0.1) is 22.1 Å². The van der Waals surface area contributed by atoms with Crippen molar-refractivity contribution in [3.05, 3.63) is 77.0 Å². The van der Waals surface area contributed by atoms with Crippen LogP contribution in [0.25, 0.3) is 60.4 Å². The predicted octanol–water partition coefficient (Wildman–Crippen LogP) is 8.76. The van der Waals surface area contributed by atoms with Crippen molar-refractivity contribution in [1.82, 2.24) is 24.3 Å². The Morgan fingerprint density at radius 2 is 1.35 bits per heavy atom. The molecule has 0 saturated carbocycles. The van der Waals surface area contributed by atoms with E-state index in [0.29, 0.717) is 0 Å². The third-order valence-corrected chi connectivity index (χ3v) is 8.49. The van der Waals surface area contributed by atoms with E-state index < -0.39 is 0 Å². The first-order chi connectivity index (χ1) is 18.9. The number of para-hydroxylation sites is 1. The SMILES string of the molecule is Cc1cc2c3nccc4cc(-c5nc(C(C)(C)C)nc(C(C)(C)C)n5)c5c6ccccc6n(c2c(C)c1C)c5c43. The van der Waals surface area contributed by atoms with E-state index in [1.54, 1.807) is 0 Å². The summed E-state index contributed by atoms with van der Waals surface area (Å²) in [6.07, 6.45) is 1.94. The Kier molecular flexibility index (Phi) is 4.96. The normalized spacial score (nSPS) is 13.1. The first-order valence-corrected chi connectivity index (χ1v) is 14.1. The van der Waals surface area contributed by atoms with Crippen molar-refractivity contribution in [3.63, 3.8) is 0 Å². The molecular weight excluding hydrogens is 490 g/mol. The molecule has 3 aromatic carbocycles. The molecule has 0 aliphatic rings. The highest BCUT2D eigenvalue weighted by atomic mass is 15.1. The number of pyridine rings is 2. The molecule has 0 bridgehead atoms. The van der Waals surface area contributed by atoms with E-state index >= 15 is 0 Å². The molecule has 200 valence electrons. The molecule has 0 amide bonds. The number of nitrogens with zero attached hydrogens (tertiary/aromatic N) is 5. The van der Waals surface area contributed by atoms with E-state index in [0.717, 1.165) is 33.9 Å². The van der Waals surface area contributed by atoms with Gasteiger partial charge in [-0.15, -0.1) is 0 Å². The first-order valence-electron chi connectivity index (χ1n) is 14.1. The van der Waals surface area contributed by atoms with Crippen LogP contribution >= 0.6 is 0 Å². The lowest BCUT2D eigenvalue weighted by Crippen LogP contribution is -2.24. The van der Waals surface area contributed by atoms with Gasteiger partial charge < -0.3 is 4.40 Å². The van der Waals surface area contributed by atoms with Crippen molar-refractivity contribution in [2.75, 3.05) is 0 Å². The van der Waals surface area contributed by atoms with Crippen LogP contribution < -0.4 is 0 Å². The van der Waals surface area contributed by atoms with Crippen molar-refractivity contribution in [2.24, 2.45) is 0 Å². The Bertz CT molecular complexity index is 2120. The molecule has 0 aliphatic heterocycles. The maximum atomic E-state index is 5.14. The first kappa shape index (κ1) is 24.9. The molecule has 5 heteroatoms. The fourth-order valence-corrected chi connectivity index (χ4v) is 6.14. The van der Waals surface area contributed by atoms with E-state index in [4.69, 9.17) is 19.9 Å². The second-order valence-corrected chi connectivity index (χ2v) is 13.4. The van der Waals surface area contributed by atoms with Crippen LogP contribution in [0, 0.1) is 20.8 Å². The average molecular weight is 526 g/mol. The van der Waals surface area contributed by atoms with Gasteiger partial charge in [0, 0.05) is 44.1 Å². The van der Waals surface area contributed by atoms with Gasteiger partial charge in [-0.25, -0.2) is 15.0 Å². The lowest BCUT2D eigenvalue weighted by Gasteiger charge is -2.23. The van der Waals surface area contributed by atoms with Crippen molar-refractivity contribution in [3.8, 4) is 11.4 Å². The van der Waals surface area contributed by atoms with Crippen LogP contribution in [-0.2, 0) is 10.8 Å². The average Bonchev–Trinajstić information content (AvgIpc) is 3.25. The van der Waals surface area contributed by atoms with Crippen molar-refractivity contribution < 1.29 is 0 Å². The van der Waals surface area contributed by atoms with Gasteiger partial charge in [-0.05, 0) is 67.1 Å². The van der Waals surface area contributed by atoms with Crippen LogP contribution in [-0.4, -0.2) is 24.3 Å². The minimum absolute atomic E-state index is 0.213. The number of rotatable bonds is 1. The van der Waals surface area contributed by atoms with E-state index in [2.05, 4.69) is 109 Å². The summed E-state index contributed by atoms with van der Waals surface area (Å²) in [6.45, 7) is 19.7. The van der Waals surface area contributed by atoms with Gasteiger partial charge in [0.25, 0.3) is 0 Å². The number of hydrogen-bond donors (Lipinski definition) is 0. The van der Waals surface area contributed by atoms with Gasteiger partial charge in [0.15, 0.2) is 5.82 Å². The fraction of sp³-hybridized carbons (Fsp3) is 0.314. The molecule has 4 aromatic heterocycles. The topological polar surface area (TPSA) is 56.0 Å². The third-order valence-electron chi connectivity index (χ3n) is 8.49. The number of benzene rings is 3. The summed E-state index contributed by atoms with van der Waals surface area (Å²) in [5.41, 5.74) is 9.16. The minimum Gasteiger partial charge on any atom is -0.308 e. The van der Waals surface area contributed by atoms with Crippen molar-refractivity contribution >= 4 is 49.0 Å². The Balaban J connectivity index is 1.77. The molecule has 5 nitrogen and oxygen atoms in total. The molecule has 0 saturated heterocycles. The van der Waals surface area contributed by atoms with Gasteiger partial charge in [0.1, 0.15) is 11.6 Å². The predicted molar refractivity (Wildman–Crippen MR) is 167 cm³/mol. The lowest BCUT2D eigenvalue weighted by atomic mass is 9.92. The summed E-state index contributed by atoms with van der Waals surface area (Å²) >= 11 is 0. The van der Waals surface area contributed by atoms with E-state index in [1.807, 2.05) is 6.20 Å². The molecule has 40 heavy (non-hydrogen) atoms. The van der Waals surface area contributed by atoms with Crippen LogP contribution in [0.3, 0.4) is 0 Å².